The summed E-state index contributed by atoms with van der Waals surface area (Å²) in [6.07, 6.45) is -3.33. The normalized spacial score (nSPS) is 18.9. The van der Waals surface area contributed by atoms with Crippen molar-refractivity contribution in [2.24, 2.45) is 0 Å². The Morgan fingerprint density at radius 1 is 1.11 bits per heavy atom. The van der Waals surface area contributed by atoms with Crippen LogP contribution in [0.5, 0.6) is 5.75 Å². The molecule has 0 amide bonds. The van der Waals surface area contributed by atoms with Crippen LogP contribution in [0.15, 0.2) is 18.3 Å². The standard InChI is InChI=1S/C17H20BF3N2O4/c1-15(2)16(3,4)27-18(26-15)12-6-11(25-17(19,20)21)7-13-14(12)22-8-10(23-13)9-24-5/h6-8H,9H2,1-5H3. The molecule has 10 heteroatoms. The van der Waals surface area contributed by atoms with Gasteiger partial charge < -0.3 is 18.8 Å². The summed E-state index contributed by atoms with van der Waals surface area (Å²) in [6, 6.07) is 2.41. The minimum absolute atomic E-state index is 0.180. The van der Waals surface area contributed by atoms with Crippen molar-refractivity contribution >= 4 is 23.6 Å². The van der Waals surface area contributed by atoms with Gasteiger partial charge in [-0.25, -0.2) is 4.98 Å². The van der Waals surface area contributed by atoms with E-state index in [0.29, 0.717) is 16.7 Å². The second-order valence-electron chi connectivity index (χ2n) is 7.31. The van der Waals surface area contributed by atoms with E-state index in [1.54, 1.807) is 0 Å². The van der Waals surface area contributed by atoms with E-state index in [-0.39, 0.29) is 12.1 Å². The fourth-order valence-electron chi connectivity index (χ4n) is 2.72. The van der Waals surface area contributed by atoms with Crippen LogP contribution in [-0.2, 0) is 20.7 Å². The Morgan fingerprint density at radius 2 is 1.74 bits per heavy atom. The second kappa shape index (κ2) is 6.61. The Labute approximate surface area is 155 Å². The number of aromatic nitrogens is 2. The maximum atomic E-state index is 12.8. The number of halogens is 3. The summed E-state index contributed by atoms with van der Waals surface area (Å²) in [5, 5.41) is 0. The topological polar surface area (TPSA) is 62.7 Å². The molecule has 1 fully saturated rings. The largest absolute Gasteiger partial charge is 0.573 e. The molecular formula is C17H20BF3N2O4. The van der Waals surface area contributed by atoms with Crippen molar-refractivity contribution in [1.29, 1.82) is 0 Å². The minimum Gasteiger partial charge on any atom is -0.406 e. The zero-order valence-corrected chi connectivity index (χ0v) is 15.7. The van der Waals surface area contributed by atoms with Gasteiger partial charge in [0, 0.05) is 18.6 Å². The Kier molecular flexibility index (Phi) is 4.86. The van der Waals surface area contributed by atoms with E-state index in [2.05, 4.69) is 14.7 Å². The maximum Gasteiger partial charge on any atom is 0.573 e. The van der Waals surface area contributed by atoms with Crippen LogP contribution in [0, 0.1) is 0 Å². The molecule has 2 heterocycles. The van der Waals surface area contributed by atoms with Crippen molar-refractivity contribution in [1.82, 2.24) is 9.97 Å². The van der Waals surface area contributed by atoms with Gasteiger partial charge in [-0.15, -0.1) is 13.2 Å². The van der Waals surface area contributed by atoms with E-state index < -0.39 is 30.4 Å². The SMILES string of the molecule is COCc1cnc2c(B3OC(C)(C)C(C)(C)O3)cc(OC(F)(F)F)cc2n1. The number of hydrogen-bond acceptors (Lipinski definition) is 6. The average molecular weight is 384 g/mol. The molecule has 0 aliphatic carbocycles. The Bertz CT molecular complexity index is 842. The summed E-state index contributed by atoms with van der Waals surface area (Å²) in [7, 11) is 0.585. The highest BCUT2D eigenvalue weighted by Gasteiger charge is 2.52. The van der Waals surface area contributed by atoms with Crippen molar-refractivity contribution in [2.45, 2.75) is 51.9 Å². The van der Waals surface area contributed by atoms with Crippen LogP contribution < -0.4 is 10.2 Å². The number of alkyl halides is 3. The zero-order chi connectivity index (χ0) is 20.0. The van der Waals surface area contributed by atoms with Crippen molar-refractivity contribution < 1.29 is 32.0 Å². The van der Waals surface area contributed by atoms with E-state index in [1.807, 2.05) is 27.7 Å². The van der Waals surface area contributed by atoms with E-state index in [4.69, 9.17) is 14.0 Å². The van der Waals surface area contributed by atoms with Crippen LogP contribution in [0.3, 0.4) is 0 Å². The summed E-state index contributed by atoms with van der Waals surface area (Å²) in [5.74, 6) is -0.413. The van der Waals surface area contributed by atoms with Gasteiger partial charge in [0.15, 0.2) is 0 Å². The quantitative estimate of drug-likeness (QED) is 0.756. The van der Waals surface area contributed by atoms with Gasteiger partial charge in [-0.3, -0.25) is 4.98 Å². The molecule has 3 rings (SSSR count). The molecule has 146 valence electrons. The Hall–Kier alpha value is -1.91. The third-order valence-electron chi connectivity index (χ3n) is 4.73. The number of ether oxygens (including phenoxy) is 2. The third kappa shape index (κ3) is 4.02. The van der Waals surface area contributed by atoms with E-state index in [0.717, 1.165) is 0 Å². The molecule has 2 aromatic rings. The van der Waals surface area contributed by atoms with E-state index >= 15 is 0 Å². The van der Waals surface area contributed by atoms with Gasteiger partial charge in [0.2, 0.25) is 0 Å². The Morgan fingerprint density at radius 3 is 2.30 bits per heavy atom. The summed E-state index contributed by atoms with van der Waals surface area (Å²) in [4.78, 5) is 8.65. The summed E-state index contributed by atoms with van der Waals surface area (Å²) in [6.45, 7) is 7.60. The first-order valence-electron chi connectivity index (χ1n) is 8.32. The van der Waals surface area contributed by atoms with Crippen LogP contribution in [0.25, 0.3) is 11.0 Å². The fourth-order valence-corrected chi connectivity index (χ4v) is 2.72. The molecule has 1 saturated heterocycles. The van der Waals surface area contributed by atoms with Crippen LogP contribution in [-0.4, -0.2) is 41.8 Å². The maximum absolute atomic E-state index is 12.8. The average Bonchev–Trinajstić information content (AvgIpc) is 2.73. The number of hydrogen-bond donors (Lipinski definition) is 0. The number of rotatable bonds is 4. The molecule has 1 aliphatic rings. The highest BCUT2D eigenvalue weighted by molar-refractivity contribution is 6.65. The monoisotopic (exact) mass is 384 g/mol. The number of methoxy groups -OCH3 is 1. The molecule has 0 bridgehead atoms. The molecule has 0 atom stereocenters. The highest BCUT2D eigenvalue weighted by Crippen LogP contribution is 2.37. The zero-order valence-electron chi connectivity index (χ0n) is 15.7. The van der Waals surface area contributed by atoms with E-state index in [9.17, 15) is 13.2 Å². The minimum atomic E-state index is -4.83. The predicted molar refractivity (Wildman–Crippen MR) is 92.7 cm³/mol. The molecule has 27 heavy (non-hydrogen) atoms. The molecule has 6 nitrogen and oxygen atoms in total. The smallest absolute Gasteiger partial charge is 0.406 e. The summed E-state index contributed by atoms with van der Waals surface area (Å²) < 4.78 is 59.3. The number of benzene rings is 1. The van der Waals surface area contributed by atoms with Gasteiger partial charge in [-0.05, 0) is 33.8 Å². The van der Waals surface area contributed by atoms with Crippen LogP contribution in [0.4, 0.5) is 13.2 Å². The molecule has 0 radical (unpaired) electrons. The third-order valence-corrected chi connectivity index (χ3v) is 4.73. The first-order valence-corrected chi connectivity index (χ1v) is 8.32. The lowest BCUT2D eigenvalue weighted by molar-refractivity contribution is -0.274. The lowest BCUT2D eigenvalue weighted by Crippen LogP contribution is -2.41. The molecule has 0 saturated carbocycles. The number of nitrogens with zero attached hydrogens (tertiary/aromatic N) is 2. The second-order valence-corrected chi connectivity index (χ2v) is 7.31. The fraction of sp³-hybridized carbons (Fsp3) is 0.529. The summed E-state index contributed by atoms with van der Waals surface area (Å²) in [5.41, 5.74) is 0.0950. The van der Waals surface area contributed by atoms with Crippen molar-refractivity contribution in [3.05, 3.63) is 24.0 Å². The van der Waals surface area contributed by atoms with Crippen molar-refractivity contribution in [3.63, 3.8) is 0 Å². The van der Waals surface area contributed by atoms with Gasteiger partial charge >= 0.3 is 13.5 Å². The number of fused-ring (bicyclic) bond motifs is 1. The van der Waals surface area contributed by atoms with Crippen LogP contribution >= 0.6 is 0 Å². The van der Waals surface area contributed by atoms with Crippen molar-refractivity contribution in [2.75, 3.05) is 7.11 Å². The lowest BCUT2D eigenvalue weighted by atomic mass is 9.78. The lowest BCUT2D eigenvalue weighted by Gasteiger charge is -2.32. The Balaban J connectivity index is 2.12. The highest BCUT2D eigenvalue weighted by atomic mass is 19.4. The predicted octanol–water partition coefficient (Wildman–Crippen LogP) is 2.97. The van der Waals surface area contributed by atoms with Gasteiger partial charge in [0.05, 0.1) is 40.7 Å². The molecule has 0 spiro atoms. The van der Waals surface area contributed by atoms with Gasteiger partial charge in [0.1, 0.15) is 5.75 Å². The van der Waals surface area contributed by atoms with Crippen LogP contribution in [0.1, 0.15) is 33.4 Å². The van der Waals surface area contributed by atoms with Gasteiger partial charge in [-0.2, -0.15) is 0 Å². The molecule has 0 N–H and O–H groups in total. The molecule has 1 aromatic carbocycles. The van der Waals surface area contributed by atoms with Gasteiger partial charge in [0.25, 0.3) is 0 Å². The molecule has 1 aliphatic heterocycles. The van der Waals surface area contributed by atoms with Crippen LogP contribution in [0.2, 0.25) is 0 Å². The van der Waals surface area contributed by atoms with E-state index in [1.165, 1.54) is 25.4 Å². The first-order chi connectivity index (χ1) is 12.4. The van der Waals surface area contributed by atoms with Gasteiger partial charge in [-0.1, -0.05) is 0 Å². The molecule has 0 unspecified atom stereocenters. The first kappa shape index (κ1) is 19.8. The molecular weight excluding hydrogens is 364 g/mol. The summed E-state index contributed by atoms with van der Waals surface area (Å²) >= 11 is 0. The molecule has 1 aromatic heterocycles. The van der Waals surface area contributed by atoms with Crippen molar-refractivity contribution in [3.8, 4) is 5.75 Å².